The Labute approximate surface area is 138 Å². The molecule has 0 aromatic rings. The van der Waals surface area contributed by atoms with Crippen molar-refractivity contribution in [1.82, 2.24) is 15.5 Å². The molecule has 22 heavy (non-hydrogen) atoms. The highest BCUT2D eigenvalue weighted by molar-refractivity contribution is 5.80. The third-order valence-electron chi connectivity index (χ3n) is 3.93. The van der Waals surface area contributed by atoms with Crippen molar-refractivity contribution in [3.8, 4) is 0 Å². The van der Waals surface area contributed by atoms with E-state index >= 15 is 0 Å². The number of hydrogen-bond donors (Lipinski definition) is 2. The first-order chi connectivity index (χ1) is 10.3. The molecule has 2 unspecified atom stereocenters. The number of rotatable bonds is 6. The second-order valence-corrected chi connectivity index (χ2v) is 8.05. The van der Waals surface area contributed by atoms with Gasteiger partial charge in [-0.2, -0.15) is 0 Å². The van der Waals surface area contributed by atoms with Gasteiger partial charge in [0.25, 0.3) is 0 Å². The minimum Gasteiger partial charge on any atom is -0.357 e. The van der Waals surface area contributed by atoms with Crippen LogP contribution in [0, 0.1) is 11.8 Å². The molecule has 0 amide bonds. The van der Waals surface area contributed by atoms with Gasteiger partial charge < -0.3 is 15.5 Å². The second-order valence-electron chi connectivity index (χ2n) is 8.05. The molecule has 1 aliphatic rings. The lowest BCUT2D eigenvalue weighted by Gasteiger charge is -2.34. The first-order valence-electron chi connectivity index (χ1n) is 9.09. The molecule has 0 aliphatic carbocycles. The Morgan fingerprint density at radius 2 is 1.77 bits per heavy atom. The summed E-state index contributed by atoms with van der Waals surface area (Å²) >= 11 is 0. The van der Waals surface area contributed by atoms with E-state index in [0.717, 1.165) is 30.9 Å². The van der Waals surface area contributed by atoms with Gasteiger partial charge in [0.05, 0.1) is 0 Å². The van der Waals surface area contributed by atoms with E-state index in [0.29, 0.717) is 0 Å². The standard InChI is InChI=1S/C18H38N4/c1-7-19-17(21-18(4,5)6)20-10-8-9-11-22-13-15(2)12-16(3)14-22/h15-16H,7-14H2,1-6H3,(H2,19,20,21). The molecule has 1 heterocycles. The summed E-state index contributed by atoms with van der Waals surface area (Å²) in [6.45, 7) is 19.0. The quantitative estimate of drug-likeness (QED) is 0.450. The maximum Gasteiger partial charge on any atom is 0.191 e. The molecular formula is C18H38N4. The third-order valence-corrected chi connectivity index (χ3v) is 3.93. The molecule has 0 saturated carbocycles. The maximum atomic E-state index is 4.69. The van der Waals surface area contributed by atoms with Crippen LogP contribution in [-0.4, -0.2) is 49.1 Å². The molecule has 0 spiro atoms. The molecule has 0 aromatic heterocycles. The normalized spacial score (nSPS) is 24.4. The van der Waals surface area contributed by atoms with Crippen LogP contribution in [-0.2, 0) is 0 Å². The number of likely N-dealkylation sites (tertiary alicyclic amines) is 1. The van der Waals surface area contributed by atoms with Crippen LogP contribution in [0.4, 0.5) is 0 Å². The smallest absolute Gasteiger partial charge is 0.191 e. The summed E-state index contributed by atoms with van der Waals surface area (Å²) in [4.78, 5) is 7.33. The SMILES string of the molecule is CCNC(=NCCCCN1CC(C)CC(C)C1)NC(C)(C)C. The van der Waals surface area contributed by atoms with E-state index in [1.165, 1.54) is 38.9 Å². The van der Waals surface area contributed by atoms with Crippen molar-refractivity contribution in [2.24, 2.45) is 16.8 Å². The van der Waals surface area contributed by atoms with Crippen molar-refractivity contribution >= 4 is 5.96 Å². The van der Waals surface area contributed by atoms with Gasteiger partial charge in [0.1, 0.15) is 0 Å². The summed E-state index contributed by atoms with van der Waals surface area (Å²) in [7, 11) is 0. The lowest BCUT2D eigenvalue weighted by Crippen LogP contribution is -2.47. The molecule has 2 atom stereocenters. The van der Waals surface area contributed by atoms with Gasteiger partial charge in [-0.1, -0.05) is 13.8 Å². The average molecular weight is 311 g/mol. The molecule has 1 rings (SSSR count). The van der Waals surface area contributed by atoms with Crippen molar-refractivity contribution in [2.75, 3.05) is 32.7 Å². The average Bonchev–Trinajstić information content (AvgIpc) is 2.35. The van der Waals surface area contributed by atoms with Crippen LogP contribution in [0.15, 0.2) is 4.99 Å². The fraction of sp³-hybridized carbons (Fsp3) is 0.944. The van der Waals surface area contributed by atoms with E-state index in [1.54, 1.807) is 0 Å². The Morgan fingerprint density at radius 1 is 1.14 bits per heavy atom. The minimum absolute atomic E-state index is 0.0566. The Hall–Kier alpha value is -0.770. The van der Waals surface area contributed by atoms with E-state index < -0.39 is 0 Å². The monoisotopic (exact) mass is 310 g/mol. The summed E-state index contributed by atoms with van der Waals surface area (Å²) in [5.41, 5.74) is 0.0566. The highest BCUT2D eigenvalue weighted by Crippen LogP contribution is 2.20. The van der Waals surface area contributed by atoms with Crippen LogP contribution in [0.25, 0.3) is 0 Å². The molecule has 0 radical (unpaired) electrons. The molecule has 1 saturated heterocycles. The largest absolute Gasteiger partial charge is 0.357 e. The fourth-order valence-electron chi connectivity index (χ4n) is 3.27. The van der Waals surface area contributed by atoms with Crippen molar-refractivity contribution in [1.29, 1.82) is 0 Å². The Kier molecular flexibility index (Phi) is 8.23. The molecule has 0 bridgehead atoms. The van der Waals surface area contributed by atoms with Crippen LogP contribution in [0.1, 0.15) is 60.8 Å². The van der Waals surface area contributed by atoms with Crippen molar-refractivity contribution < 1.29 is 0 Å². The fourth-order valence-corrected chi connectivity index (χ4v) is 3.27. The lowest BCUT2D eigenvalue weighted by atomic mass is 9.92. The van der Waals surface area contributed by atoms with Crippen molar-refractivity contribution in [3.05, 3.63) is 0 Å². The van der Waals surface area contributed by atoms with Crippen LogP contribution in [0.5, 0.6) is 0 Å². The Balaban J connectivity index is 2.25. The minimum atomic E-state index is 0.0566. The van der Waals surface area contributed by atoms with Crippen LogP contribution in [0.3, 0.4) is 0 Å². The summed E-state index contributed by atoms with van der Waals surface area (Å²) in [6.07, 6.45) is 3.81. The van der Waals surface area contributed by atoms with Crippen LogP contribution >= 0.6 is 0 Å². The van der Waals surface area contributed by atoms with Gasteiger partial charge in [0.2, 0.25) is 0 Å². The zero-order valence-corrected chi connectivity index (χ0v) is 15.7. The Morgan fingerprint density at radius 3 is 2.32 bits per heavy atom. The molecule has 4 heteroatoms. The van der Waals surface area contributed by atoms with Gasteiger partial charge in [-0.3, -0.25) is 4.99 Å². The summed E-state index contributed by atoms with van der Waals surface area (Å²) < 4.78 is 0. The first kappa shape index (κ1) is 19.3. The van der Waals surface area contributed by atoms with Gasteiger partial charge in [0, 0.05) is 31.7 Å². The van der Waals surface area contributed by atoms with E-state index in [4.69, 9.17) is 0 Å². The number of unbranched alkanes of at least 4 members (excludes halogenated alkanes) is 1. The van der Waals surface area contributed by atoms with Gasteiger partial charge in [-0.05, 0) is 65.3 Å². The van der Waals surface area contributed by atoms with Crippen molar-refractivity contribution in [3.63, 3.8) is 0 Å². The van der Waals surface area contributed by atoms with E-state index in [2.05, 4.69) is 62.1 Å². The van der Waals surface area contributed by atoms with E-state index in [9.17, 15) is 0 Å². The zero-order chi connectivity index (χ0) is 16.6. The molecule has 1 aliphatic heterocycles. The number of aliphatic imine (C=N–C) groups is 1. The van der Waals surface area contributed by atoms with Gasteiger partial charge >= 0.3 is 0 Å². The van der Waals surface area contributed by atoms with E-state index in [1.807, 2.05) is 0 Å². The third kappa shape index (κ3) is 8.62. The number of nitrogens with one attached hydrogen (secondary N) is 2. The van der Waals surface area contributed by atoms with Gasteiger partial charge in [-0.15, -0.1) is 0 Å². The molecule has 0 aromatic carbocycles. The van der Waals surface area contributed by atoms with E-state index in [-0.39, 0.29) is 5.54 Å². The van der Waals surface area contributed by atoms with Crippen LogP contribution in [0.2, 0.25) is 0 Å². The second kappa shape index (κ2) is 9.39. The number of piperidine rings is 1. The topological polar surface area (TPSA) is 39.7 Å². The summed E-state index contributed by atoms with van der Waals surface area (Å²) in [5, 5.41) is 6.76. The number of guanidine groups is 1. The first-order valence-corrected chi connectivity index (χ1v) is 9.09. The Bertz CT molecular complexity index is 322. The maximum absolute atomic E-state index is 4.69. The zero-order valence-electron chi connectivity index (χ0n) is 15.7. The number of hydrogen-bond acceptors (Lipinski definition) is 2. The summed E-state index contributed by atoms with van der Waals surface area (Å²) in [6, 6.07) is 0. The van der Waals surface area contributed by atoms with Crippen LogP contribution < -0.4 is 10.6 Å². The van der Waals surface area contributed by atoms with Crippen molar-refractivity contribution in [2.45, 2.75) is 66.3 Å². The van der Waals surface area contributed by atoms with Gasteiger partial charge in [0.15, 0.2) is 5.96 Å². The van der Waals surface area contributed by atoms with Gasteiger partial charge in [-0.25, -0.2) is 0 Å². The molecule has 130 valence electrons. The molecule has 4 nitrogen and oxygen atoms in total. The highest BCUT2D eigenvalue weighted by Gasteiger charge is 2.20. The molecular weight excluding hydrogens is 272 g/mol. The predicted molar refractivity (Wildman–Crippen MR) is 97.5 cm³/mol. The highest BCUT2D eigenvalue weighted by atomic mass is 15.2. The number of nitrogens with zero attached hydrogens (tertiary/aromatic N) is 2. The molecule has 1 fully saturated rings. The summed E-state index contributed by atoms with van der Waals surface area (Å²) in [5.74, 6) is 2.66. The molecule has 2 N–H and O–H groups in total. The lowest BCUT2D eigenvalue weighted by molar-refractivity contribution is 0.139. The predicted octanol–water partition coefficient (Wildman–Crippen LogP) is 3.10.